The third-order valence-corrected chi connectivity index (χ3v) is 3.32. The summed E-state index contributed by atoms with van der Waals surface area (Å²) in [4.78, 5) is 11.9. The highest BCUT2D eigenvalue weighted by Gasteiger charge is 2.23. The molecule has 0 spiro atoms. The van der Waals surface area contributed by atoms with Gasteiger partial charge >= 0.3 is 0 Å². The number of rotatable bonds is 4. The Morgan fingerprint density at radius 2 is 2.11 bits per heavy atom. The standard InChI is InChI=1S/C15H21NO3/c1-11-3-5-13(6-4-11)16-15(17)9-12(2)14-10-18-7-8-19-14/h3-6,12,14H,7-10H2,1-2H3,(H,16,17). The molecular weight excluding hydrogens is 242 g/mol. The Morgan fingerprint density at radius 1 is 1.37 bits per heavy atom. The van der Waals surface area contributed by atoms with Gasteiger partial charge in [0.2, 0.25) is 5.91 Å². The van der Waals surface area contributed by atoms with Gasteiger partial charge in [-0.2, -0.15) is 0 Å². The maximum absolute atomic E-state index is 11.9. The van der Waals surface area contributed by atoms with Crippen molar-refractivity contribution in [1.82, 2.24) is 0 Å². The van der Waals surface area contributed by atoms with Crippen molar-refractivity contribution in [3.63, 3.8) is 0 Å². The minimum atomic E-state index is 0.0190. The summed E-state index contributed by atoms with van der Waals surface area (Å²) in [6.45, 7) is 5.90. The Labute approximate surface area is 114 Å². The fourth-order valence-corrected chi connectivity index (χ4v) is 2.11. The summed E-state index contributed by atoms with van der Waals surface area (Å²) in [6.07, 6.45) is 0.472. The molecule has 1 amide bonds. The Balaban J connectivity index is 1.81. The minimum Gasteiger partial charge on any atom is -0.376 e. The van der Waals surface area contributed by atoms with Crippen LogP contribution >= 0.6 is 0 Å². The summed E-state index contributed by atoms with van der Waals surface area (Å²) >= 11 is 0. The second-order valence-electron chi connectivity index (χ2n) is 5.08. The fraction of sp³-hybridized carbons (Fsp3) is 0.533. The molecule has 1 aliphatic heterocycles. The van der Waals surface area contributed by atoms with E-state index in [9.17, 15) is 4.79 Å². The number of benzene rings is 1. The molecule has 2 atom stereocenters. The molecule has 1 aliphatic rings. The molecule has 0 bridgehead atoms. The van der Waals surface area contributed by atoms with Crippen molar-refractivity contribution in [3.8, 4) is 0 Å². The monoisotopic (exact) mass is 263 g/mol. The van der Waals surface area contributed by atoms with E-state index in [4.69, 9.17) is 9.47 Å². The van der Waals surface area contributed by atoms with Crippen LogP contribution in [0, 0.1) is 12.8 Å². The van der Waals surface area contributed by atoms with Gasteiger partial charge in [0.25, 0.3) is 0 Å². The van der Waals surface area contributed by atoms with E-state index in [1.165, 1.54) is 5.56 Å². The van der Waals surface area contributed by atoms with Crippen LogP contribution in [0.5, 0.6) is 0 Å². The van der Waals surface area contributed by atoms with Crippen molar-refractivity contribution >= 4 is 11.6 Å². The first-order valence-corrected chi connectivity index (χ1v) is 6.71. The van der Waals surface area contributed by atoms with Crippen molar-refractivity contribution in [3.05, 3.63) is 29.8 Å². The Morgan fingerprint density at radius 3 is 2.74 bits per heavy atom. The SMILES string of the molecule is Cc1ccc(NC(=O)CC(C)C2COCCO2)cc1. The lowest BCUT2D eigenvalue weighted by Crippen LogP contribution is -2.35. The first-order valence-electron chi connectivity index (χ1n) is 6.71. The van der Waals surface area contributed by atoms with Crippen LogP contribution in [0.4, 0.5) is 5.69 Å². The number of aryl methyl sites for hydroxylation is 1. The van der Waals surface area contributed by atoms with E-state index in [0.29, 0.717) is 26.2 Å². The highest BCUT2D eigenvalue weighted by Crippen LogP contribution is 2.17. The van der Waals surface area contributed by atoms with Crippen molar-refractivity contribution in [1.29, 1.82) is 0 Å². The molecule has 4 nitrogen and oxygen atoms in total. The van der Waals surface area contributed by atoms with Gasteiger partial charge in [-0.3, -0.25) is 4.79 Å². The van der Waals surface area contributed by atoms with Gasteiger partial charge in [-0.05, 0) is 25.0 Å². The lowest BCUT2D eigenvalue weighted by molar-refractivity contribution is -0.125. The van der Waals surface area contributed by atoms with Gasteiger partial charge in [-0.15, -0.1) is 0 Å². The zero-order valence-corrected chi connectivity index (χ0v) is 11.5. The molecular formula is C15H21NO3. The molecule has 1 fully saturated rings. The van der Waals surface area contributed by atoms with E-state index in [1.54, 1.807) is 0 Å². The highest BCUT2D eigenvalue weighted by molar-refractivity contribution is 5.90. The van der Waals surface area contributed by atoms with Crippen molar-refractivity contribution in [2.45, 2.75) is 26.4 Å². The van der Waals surface area contributed by atoms with Gasteiger partial charge in [0.15, 0.2) is 0 Å². The quantitative estimate of drug-likeness (QED) is 0.907. The smallest absolute Gasteiger partial charge is 0.224 e. The van der Waals surface area contributed by atoms with Crippen LogP contribution in [0.1, 0.15) is 18.9 Å². The molecule has 2 rings (SSSR count). The van der Waals surface area contributed by atoms with Crippen molar-refractivity contribution in [2.24, 2.45) is 5.92 Å². The van der Waals surface area contributed by atoms with Crippen LogP contribution in [0.2, 0.25) is 0 Å². The number of anilines is 1. The van der Waals surface area contributed by atoms with E-state index in [1.807, 2.05) is 38.1 Å². The lowest BCUT2D eigenvalue weighted by atomic mass is 10.0. The molecule has 0 aromatic heterocycles. The zero-order valence-electron chi connectivity index (χ0n) is 11.5. The molecule has 0 radical (unpaired) electrons. The largest absolute Gasteiger partial charge is 0.376 e. The van der Waals surface area contributed by atoms with Crippen LogP contribution < -0.4 is 5.32 Å². The molecule has 1 aromatic rings. The maximum atomic E-state index is 11.9. The molecule has 2 unspecified atom stereocenters. The predicted molar refractivity (Wildman–Crippen MR) is 74.1 cm³/mol. The van der Waals surface area contributed by atoms with Gasteiger partial charge in [0, 0.05) is 12.1 Å². The molecule has 104 valence electrons. The van der Waals surface area contributed by atoms with Crippen LogP contribution in [0.25, 0.3) is 0 Å². The summed E-state index contributed by atoms with van der Waals surface area (Å²) in [7, 11) is 0. The Kier molecular flexibility index (Phi) is 4.93. The second kappa shape index (κ2) is 6.68. The summed E-state index contributed by atoms with van der Waals surface area (Å²) in [5.74, 6) is 0.177. The molecule has 1 aromatic carbocycles. The maximum Gasteiger partial charge on any atom is 0.224 e. The molecule has 19 heavy (non-hydrogen) atoms. The number of carbonyl (C=O) groups excluding carboxylic acids is 1. The topological polar surface area (TPSA) is 47.6 Å². The zero-order chi connectivity index (χ0) is 13.7. The lowest BCUT2D eigenvalue weighted by Gasteiger charge is -2.27. The van der Waals surface area contributed by atoms with E-state index >= 15 is 0 Å². The van der Waals surface area contributed by atoms with Gasteiger partial charge in [0.05, 0.1) is 25.9 Å². The first-order chi connectivity index (χ1) is 9.15. The van der Waals surface area contributed by atoms with Gasteiger partial charge in [0.1, 0.15) is 0 Å². The summed E-state index contributed by atoms with van der Waals surface area (Å²) < 4.78 is 11.0. The van der Waals surface area contributed by atoms with Crippen LogP contribution in [-0.4, -0.2) is 31.8 Å². The Bertz CT molecular complexity index is 410. The van der Waals surface area contributed by atoms with Crippen LogP contribution in [-0.2, 0) is 14.3 Å². The number of carbonyl (C=O) groups is 1. The average molecular weight is 263 g/mol. The molecule has 4 heteroatoms. The van der Waals surface area contributed by atoms with Gasteiger partial charge in [-0.1, -0.05) is 24.6 Å². The normalized spacial score (nSPS) is 20.8. The molecule has 0 aliphatic carbocycles. The van der Waals surface area contributed by atoms with Crippen LogP contribution in [0.3, 0.4) is 0 Å². The molecule has 1 saturated heterocycles. The van der Waals surface area contributed by atoms with Gasteiger partial charge < -0.3 is 14.8 Å². The van der Waals surface area contributed by atoms with E-state index in [-0.39, 0.29) is 17.9 Å². The summed E-state index contributed by atoms with van der Waals surface area (Å²) in [5.41, 5.74) is 2.02. The number of hydrogen-bond acceptors (Lipinski definition) is 3. The fourth-order valence-electron chi connectivity index (χ4n) is 2.11. The Hall–Kier alpha value is -1.39. The van der Waals surface area contributed by atoms with Crippen molar-refractivity contribution < 1.29 is 14.3 Å². The number of amides is 1. The summed E-state index contributed by atoms with van der Waals surface area (Å²) in [5, 5.41) is 2.90. The first kappa shape index (κ1) is 14.0. The van der Waals surface area contributed by atoms with Crippen molar-refractivity contribution in [2.75, 3.05) is 25.1 Å². The van der Waals surface area contributed by atoms with Crippen LogP contribution in [0.15, 0.2) is 24.3 Å². The second-order valence-corrected chi connectivity index (χ2v) is 5.08. The molecule has 1 N–H and O–H groups in total. The van der Waals surface area contributed by atoms with Gasteiger partial charge in [-0.25, -0.2) is 0 Å². The molecule has 1 heterocycles. The number of nitrogens with one attached hydrogen (secondary N) is 1. The molecule has 0 saturated carbocycles. The summed E-state index contributed by atoms with van der Waals surface area (Å²) in [6, 6.07) is 7.80. The number of hydrogen-bond donors (Lipinski definition) is 1. The average Bonchev–Trinajstić information content (AvgIpc) is 2.42. The minimum absolute atomic E-state index is 0.0190. The third-order valence-electron chi connectivity index (χ3n) is 3.32. The number of ether oxygens (including phenoxy) is 2. The van der Waals surface area contributed by atoms with E-state index < -0.39 is 0 Å². The van der Waals surface area contributed by atoms with E-state index in [0.717, 1.165) is 5.69 Å². The third kappa shape index (κ3) is 4.33. The predicted octanol–water partition coefficient (Wildman–Crippen LogP) is 2.38. The highest BCUT2D eigenvalue weighted by atomic mass is 16.6. The van der Waals surface area contributed by atoms with E-state index in [2.05, 4.69) is 5.32 Å².